The standard InChI is InChI=1S/C27H24FN3O3S.ClH/c1-14-8-22(23(28)12-21(14)17-6-7-35-13-17)26-30-25(31-34-26)16-2-4-20-15(9-16)3-5-24(20)29-19-10-18(11-19)27(32)33;/h2,4,6-9,12-13,18-19,24,29H,3,5,10-11H2,1H3,(H,32,33);1H. The molecule has 1 saturated carbocycles. The number of hydrogen-bond donors (Lipinski definition) is 2. The number of aliphatic carboxylic acids is 1. The summed E-state index contributed by atoms with van der Waals surface area (Å²) in [5, 5.41) is 20.8. The smallest absolute Gasteiger partial charge is 0.306 e. The van der Waals surface area contributed by atoms with Gasteiger partial charge in [-0.1, -0.05) is 17.3 Å². The van der Waals surface area contributed by atoms with Crippen LogP contribution in [0.15, 0.2) is 51.7 Å². The summed E-state index contributed by atoms with van der Waals surface area (Å²) in [7, 11) is 0. The first kappa shape index (κ1) is 24.6. The van der Waals surface area contributed by atoms with Gasteiger partial charge in [0.2, 0.25) is 5.82 Å². The quantitative estimate of drug-likeness (QED) is 0.301. The van der Waals surface area contributed by atoms with Crippen molar-refractivity contribution in [3.05, 3.63) is 69.7 Å². The Labute approximate surface area is 218 Å². The zero-order chi connectivity index (χ0) is 24.1. The van der Waals surface area contributed by atoms with Gasteiger partial charge in [-0.2, -0.15) is 16.3 Å². The van der Waals surface area contributed by atoms with E-state index in [1.165, 1.54) is 17.2 Å². The van der Waals surface area contributed by atoms with Gasteiger partial charge >= 0.3 is 5.97 Å². The van der Waals surface area contributed by atoms with E-state index in [4.69, 9.17) is 9.63 Å². The van der Waals surface area contributed by atoms with Gasteiger partial charge in [-0.25, -0.2) is 4.39 Å². The molecule has 1 unspecified atom stereocenters. The molecule has 6 rings (SSSR count). The number of nitrogens with one attached hydrogen (secondary N) is 1. The Kier molecular flexibility index (Phi) is 6.68. The van der Waals surface area contributed by atoms with Crippen molar-refractivity contribution < 1.29 is 18.8 Å². The van der Waals surface area contributed by atoms with Crippen molar-refractivity contribution in [3.63, 3.8) is 0 Å². The van der Waals surface area contributed by atoms with E-state index in [0.717, 1.165) is 35.1 Å². The van der Waals surface area contributed by atoms with E-state index in [-0.39, 0.29) is 36.3 Å². The Morgan fingerprint density at radius 3 is 2.75 bits per heavy atom. The van der Waals surface area contributed by atoms with Crippen molar-refractivity contribution in [2.24, 2.45) is 5.92 Å². The molecule has 1 fully saturated rings. The van der Waals surface area contributed by atoms with Crippen LogP contribution in [-0.2, 0) is 11.2 Å². The minimum atomic E-state index is -0.701. The Morgan fingerprint density at radius 1 is 1.17 bits per heavy atom. The SMILES string of the molecule is Cc1cc(-c2nc(-c3ccc4c(c3)CCC4NC3CC(C(=O)O)C3)no2)c(F)cc1-c1ccsc1.Cl. The van der Waals surface area contributed by atoms with E-state index in [1.807, 2.05) is 29.8 Å². The Morgan fingerprint density at radius 2 is 2.00 bits per heavy atom. The molecular weight excluding hydrogens is 501 g/mol. The number of fused-ring (bicyclic) bond motifs is 1. The highest BCUT2D eigenvalue weighted by molar-refractivity contribution is 7.08. The molecule has 0 bridgehead atoms. The number of thiophene rings is 1. The molecule has 2 aromatic carbocycles. The minimum Gasteiger partial charge on any atom is -0.481 e. The summed E-state index contributed by atoms with van der Waals surface area (Å²) in [5.74, 6) is -0.718. The molecule has 4 aromatic rings. The van der Waals surface area contributed by atoms with Gasteiger partial charge in [-0.05, 0) is 95.4 Å². The fourth-order valence-corrected chi connectivity index (χ4v) is 5.85. The summed E-state index contributed by atoms with van der Waals surface area (Å²) in [6.45, 7) is 1.95. The summed E-state index contributed by atoms with van der Waals surface area (Å²) in [6, 6.07) is 11.9. The highest BCUT2D eigenvalue weighted by Crippen LogP contribution is 2.38. The first-order chi connectivity index (χ1) is 17.0. The number of aryl methyl sites for hydroxylation is 2. The summed E-state index contributed by atoms with van der Waals surface area (Å²) in [6.07, 6.45) is 3.29. The average Bonchev–Trinajstić information content (AvgIpc) is 3.57. The molecule has 2 aliphatic carbocycles. The van der Waals surface area contributed by atoms with E-state index in [9.17, 15) is 9.18 Å². The summed E-state index contributed by atoms with van der Waals surface area (Å²) in [4.78, 5) is 15.6. The highest BCUT2D eigenvalue weighted by Gasteiger charge is 2.36. The lowest BCUT2D eigenvalue weighted by molar-refractivity contribution is -0.145. The molecule has 1 atom stereocenters. The predicted molar refractivity (Wildman–Crippen MR) is 139 cm³/mol. The van der Waals surface area contributed by atoms with Crippen LogP contribution in [0, 0.1) is 18.7 Å². The van der Waals surface area contributed by atoms with Crippen molar-refractivity contribution >= 4 is 29.7 Å². The first-order valence-corrected chi connectivity index (χ1v) is 12.7. The van der Waals surface area contributed by atoms with Gasteiger partial charge in [-0.15, -0.1) is 12.4 Å². The minimum absolute atomic E-state index is 0. The second-order valence-electron chi connectivity index (χ2n) is 9.46. The molecular formula is C27H25ClFN3O3S. The van der Waals surface area contributed by atoms with Crippen LogP contribution < -0.4 is 5.32 Å². The second kappa shape index (κ2) is 9.76. The monoisotopic (exact) mass is 525 g/mol. The predicted octanol–water partition coefficient (Wildman–Crippen LogP) is 6.44. The summed E-state index contributed by atoms with van der Waals surface area (Å²) < 4.78 is 20.4. The van der Waals surface area contributed by atoms with E-state index >= 15 is 0 Å². The zero-order valence-electron chi connectivity index (χ0n) is 19.5. The molecule has 0 spiro atoms. The van der Waals surface area contributed by atoms with Gasteiger partial charge in [0.05, 0.1) is 11.5 Å². The van der Waals surface area contributed by atoms with E-state index in [0.29, 0.717) is 24.2 Å². The number of carbonyl (C=O) groups is 1. The van der Waals surface area contributed by atoms with Crippen molar-refractivity contribution in [2.75, 3.05) is 0 Å². The van der Waals surface area contributed by atoms with Crippen LogP contribution in [-0.4, -0.2) is 27.3 Å². The maximum absolute atomic E-state index is 15.0. The van der Waals surface area contributed by atoms with E-state index in [1.54, 1.807) is 17.4 Å². The number of carboxylic acids is 1. The van der Waals surface area contributed by atoms with Gasteiger partial charge in [-0.3, -0.25) is 4.79 Å². The van der Waals surface area contributed by atoms with Gasteiger partial charge < -0.3 is 14.9 Å². The lowest BCUT2D eigenvalue weighted by Gasteiger charge is -2.35. The van der Waals surface area contributed by atoms with Gasteiger partial charge in [0, 0.05) is 17.6 Å². The maximum atomic E-state index is 15.0. The van der Waals surface area contributed by atoms with E-state index < -0.39 is 11.8 Å². The lowest BCUT2D eigenvalue weighted by atomic mass is 9.80. The number of benzene rings is 2. The van der Waals surface area contributed by atoms with Crippen LogP contribution in [0.5, 0.6) is 0 Å². The highest BCUT2D eigenvalue weighted by atomic mass is 35.5. The molecule has 0 radical (unpaired) electrons. The molecule has 2 aromatic heterocycles. The third-order valence-electron chi connectivity index (χ3n) is 7.21. The normalized spacial score (nSPS) is 20.4. The summed E-state index contributed by atoms with van der Waals surface area (Å²) >= 11 is 1.58. The molecule has 0 saturated heterocycles. The van der Waals surface area contributed by atoms with E-state index in [2.05, 4.69) is 27.6 Å². The van der Waals surface area contributed by atoms with Crippen LogP contribution >= 0.6 is 23.7 Å². The Bertz CT molecular complexity index is 1420. The second-order valence-corrected chi connectivity index (χ2v) is 10.2. The molecule has 0 aliphatic heterocycles. The van der Waals surface area contributed by atoms with Gasteiger partial charge in [0.1, 0.15) is 5.82 Å². The largest absolute Gasteiger partial charge is 0.481 e. The number of rotatable bonds is 6. The molecule has 186 valence electrons. The van der Waals surface area contributed by atoms with Crippen molar-refractivity contribution in [1.29, 1.82) is 0 Å². The van der Waals surface area contributed by atoms with Crippen LogP contribution in [0.4, 0.5) is 4.39 Å². The molecule has 2 aliphatic rings. The Balaban J connectivity index is 0.00000267. The van der Waals surface area contributed by atoms with Crippen molar-refractivity contribution in [1.82, 2.24) is 15.5 Å². The third kappa shape index (κ3) is 4.45. The maximum Gasteiger partial charge on any atom is 0.306 e. The molecule has 6 nitrogen and oxygen atoms in total. The lowest BCUT2D eigenvalue weighted by Crippen LogP contribution is -2.45. The average molecular weight is 526 g/mol. The number of nitrogens with zero attached hydrogens (tertiary/aromatic N) is 2. The van der Waals surface area contributed by atoms with Crippen LogP contribution in [0.2, 0.25) is 0 Å². The number of hydrogen-bond acceptors (Lipinski definition) is 6. The molecule has 36 heavy (non-hydrogen) atoms. The van der Waals surface area contributed by atoms with Crippen LogP contribution in [0.1, 0.15) is 42.0 Å². The molecule has 9 heteroatoms. The first-order valence-electron chi connectivity index (χ1n) is 11.7. The number of carboxylic acid groups (broad SMARTS) is 1. The van der Waals surface area contributed by atoms with Crippen LogP contribution in [0.25, 0.3) is 34.0 Å². The molecule has 2 heterocycles. The molecule has 2 N–H and O–H groups in total. The van der Waals surface area contributed by atoms with Crippen molar-refractivity contribution in [3.8, 4) is 34.0 Å². The zero-order valence-corrected chi connectivity index (χ0v) is 21.2. The topological polar surface area (TPSA) is 88.2 Å². The third-order valence-corrected chi connectivity index (χ3v) is 7.89. The number of halogens is 2. The van der Waals surface area contributed by atoms with Gasteiger partial charge in [0.25, 0.3) is 5.89 Å². The molecule has 0 amide bonds. The number of aromatic nitrogens is 2. The Hall–Kier alpha value is -3.07. The summed E-state index contributed by atoms with van der Waals surface area (Å²) in [5.41, 5.74) is 6.39. The fourth-order valence-electron chi connectivity index (χ4n) is 5.19. The van der Waals surface area contributed by atoms with Crippen molar-refractivity contribution in [2.45, 2.75) is 44.7 Å². The van der Waals surface area contributed by atoms with Crippen LogP contribution in [0.3, 0.4) is 0 Å². The van der Waals surface area contributed by atoms with Gasteiger partial charge in [0.15, 0.2) is 0 Å². The fraction of sp³-hybridized carbons (Fsp3) is 0.296.